The molecule has 2 aromatic rings. The molecule has 12 nitrogen and oxygen atoms in total. The predicted octanol–water partition coefficient (Wildman–Crippen LogP) is 3.85. The van der Waals surface area contributed by atoms with Crippen molar-refractivity contribution in [2.24, 2.45) is 0 Å². The summed E-state index contributed by atoms with van der Waals surface area (Å²) < 4.78 is 2.24. The minimum absolute atomic E-state index is 0.126. The average molecular weight is 602 g/mol. The molecule has 2 aliphatic rings. The van der Waals surface area contributed by atoms with Crippen LogP contribution in [-0.2, 0) is 27.5 Å². The number of piperidine rings is 1. The molecular weight excluding hydrogens is 554 g/mol. The Bertz CT molecular complexity index is 1190. The van der Waals surface area contributed by atoms with Crippen LogP contribution in [0.4, 0.5) is 0 Å². The zero-order chi connectivity index (χ0) is 31.8. The highest BCUT2D eigenvalue weighted by molar-refractivity contribution is 5.88. The summed E-state index contributed by atoms with van der Waals surface area (Å²) >= 11 is 0. The maximum atomic E-state index is 10.3. The summed E-state index contributed by atoms with van der Waals surface area (Å²) in [6.45, 7) is 11.1. The molecule has 12 heteroatoms. The molecule has 3 heterocycles. The van der Waals surface area contributed by atoms with E-state index in [1.807, 2.05) is 12.3 Å². The van der Waals surface area contributed by atoms with Crippen molar-refractivity contribution in [3.05, 3.63) is 48.0 Å². The van der Waals surface area contributed by atoms with Gasteiger partial charge in [0.2, 0.25) is 0 Å². The first-order valence-corrected chi connectivity index (χ1v) is 14.9. The molecule has 0 amide bonds. The predicted molar refractivity (Wildman–Crippen MR) is 159 cm³/mol. The number of hydrogen-bond acceptors (Lipinski definition) is 8. The normalized spacial score (nSPS) is 18.9. The largest absolute Gasteiger partial charge is 0.481 e. The number of pyridine rings is 1. The minimum atomic E-state index is -2.74. The number of carbonyl (C=O) groups is 3. The van der Waals surface area contributed by atoms with Crippen LogP contribution in [-0.4, -0.2) is 80.7 Å². The fourth-order valence-corrected chi connectivity index (χ4v) is 6.49. The fourth-order valence-electron chi connectivity index (χ4n) is 6.49. The van der Waals surface area contributed by atoms with Crippen molar-refractivity contribution < 1.29 is 34.8 Å². The smallest absolute Gasteiger partial charge is 0.336 e. The van der Waals surface area contributed by atoms with Gasteiger partial charge in [0.1, 0.15) is 0 Å². The van der Waals surface area contributed by atoms with Crippen molar-refractivity contribution in [1.82, 2.24) is 25.0 Å². The molecule has 1 aliphatic heterocycles. The van der Waals surface area contributed by atoms with Crippen molar-refractivity contribution >= 4 is 17.9 Å². The number of aliphatic hydroxyl groups is 1. The van der Waals surface area contributed by atoms with Crippen LogP contribution in [0.3, 0.4) is 0 Å². The Hall–Kier alpha value is -3.35. The Morgan fingerprint density at radius 1 is 0.977 bits per heavy atom. The third-order valence-corrected chi connectivity index (χ3v) is 8.05. The van der Waals surface area contributed by atoms with Gasteiger partial charge >= 0.3 is 17.9 Å². The Balaban J connectivity index is 0.000000331. The molecule has 1 saturated heterocycles. The van der Waals surface area contributed by atoms with E-state index in [4.69, 9.17) is 25.5 Å². The summed E-state index contributed by atoms with van der Waals surface area (Å²) in [5, 5.41) is 42.4. The highest BCUT2D eigenvalue weighted by atomic mass is 16.4. The van der Waals surface area contributed by atoms with Crippen molar-refractivity contribution in [1.29, 1.82) is 0 Å². The lowest BCUT2D eigenvalue weighted by Gasteiger charge is -2.49. The van der Waals surface area contributed by atoms with Gasteiger partial charge in [0, 0.05) is 48.2 Å². The van der Waals surface area contributed by atoms with Crippen LogP contribution in [0.15, 0.2) is 36.8 Å². The summed E-state index contributed by atoms with van der Waals surface area (Å²) in [4.78, 5) is 37.7. The Kier molecular flexibility index (Phi) is 11.4. The van der Waals surface area contributed by atoms with Crippen LogP contribution in [0.25, 0.3) is 0 Å². The molecule has 2 fully saturated rings. The standard InChI is InChI=1S/C25H39N5.C6H8O7/c1-24(2)14-23(15-25(3,4)28-24)29(19-21-10-8-9-13-26-21)17-20-16-27-30(18-20)22-11-6-5-7-12-22;7-3(8)1-6(13,5(11)12)2-4(9)10/h8-10,13,16,18,22-23,28H,5-7,11-12,14-15,17,19H2,1-4H3;13H,1-2H2,(H,7,8)(H,9,10)(H,11,12). The Morgan fingerprint density at radius 3 is 2.09 bits per heavy atom. The second kappa shape index (κ2) is 14.4. The molecule has 1 saturated carbocycles. The number of hydrogen-bond donors (Lipinski definition) is 5. The third-order valence-electron chi connectivity index (χ3n) is 8.05. The molecule has 0 unspecified atom stereocenters. The van der Waals surface area contributed by atoms with E-state index in [1.165, 1.54) is 37.7 Å². The number of aliphatic carboxylic acids is 3. The molecule has 1 aliphatic carbocycles. The summed E-state index contributed by atoms with van der Waals surface area (Å²) in [5.74, 6) is -5.02. The summed E-state index contributed by atoms with van der Waals surface area (Å²) in [6, 6.07) is 7.34. The van der Waals surface area contributed by atoms with Crippen LogP contribution in [0.2, 0.25) is 0 Å². The lowest BCUT2D eigenvalue weighted by Crippen LogP contribution is -2.62. The van der Waals surface area contributed by atoms with Crippen LogP contribution in [0.1, 0.15) is 103 Å². The molecule has 0 aromatic carbocycles. The number of nitrogens with zero attached hydrogens (tertiary/aromatic N) is 4. The summed E-state index contributed by atoms with van der Waals surface area (Å²) in [6.07, 6.45) is 12.9. The molecule has 0 bridgehead atoms. The third kappa shape index (κ3) is 10.7. The van der Waals surface area contributed by atoms with Crippen LogP contribution in [0.5, 0.6) is 0 Å². The topological polar surface area (TPSA) is 178 Å². The van der Waals surface area contributed by atoms with Crippen molar-refractivity contribution in [3.63, 3.8) is 0 Å². The van der Waals surface area contributed by atoms with Gasteiger partial charge in [-0.1, -0.05) is 25.3 Å². The van der Waals surface area contributed by atoms with E-state index in [0.29, 0.717) is 12.1 Å². The van der Waals surface area contributed by atoms with Crippen molar-refractivity contribution in [3.8, 4) is 0 Å². The molecule has 4 rings (SSSR count). The second-order valence-corrected chi connectivity index (χ2v) is 13.3. The number of nitrogens with one attached hydrogen (secondary N) is 1. The van der Waals surface area contributed by atoms with Gasteiger partial charge in [-0.25, -0.2) is 4.79 Å². The lowest BCUT2D eigenvalue weighted by molar-refractivity contribution is -0.170. The van der Waals surface area contributed by atoms with Gasteiger partial charge in [-0.2, -0.15) is 5.10 Å². The maximum absolute atomic E-state index is 10.3. The van der Waals surface area contributed by atoms with Crippen LogP contribution >= 0.6 is 0 Å². The van der Waals surface area contributed by atoms with E-state index in [-0.39, 0.29) is 11.1 Å². The monoisotopic (exact) mass is 601 g/mol. The van der Waals surface area contributed by atoms with Gasteiger partial charge in [-0.05, 0) is 65.5 Å². The first kappa shape index (κ1) is 34.1. The zero-order valence-corrected chi connectivity index (χ0v) is 25.7. The van der Waals surface area contributed by atoms with Gasteiger partial charge in [0.25, 0.3) is 0 Å². The maximum Gasteiger partial charge on any atom is 0.336 e. The molecule has 0 atom stereocenters. The summed E-state index contributed by atoms with van der Waals surface area (Å²) in [7, 11) is 0. The SMILES string of the molecule is CC1(C)CC(N(Cc2cnn(C3CCCCC3)c2)Cc2ccccn2)CC(C)(C)N1.O=C(O)CC(O)(CC(=O)O)C(=O)O. The van der Waals surface area contributed by atoms with Gasteiger partial charge in [0.05, 0.1) is 30.8 Å². The Labute approximate surface area is 253 Å². The average Bonchev–Trinajstić information content (AvgIpc) is 3.36. The summed E-state index contributed by atoms with van der Waals surface area (Å²) in [5.41, 5.74) is -0.0169. The fraction of sp³-hybridized carbons (Fsp3) is 0.645. The van der Waals surface area contributed by atoms with Gasteiger partial charge in [-0.3, -0.25) is 24.2 Å². The highest BCUT2D eigenvalue weighted by Crippen LogP contribution is 2.33. The van der Waals surface area contributed by atoms with E-state index >= 15 is 0 Å². The van der Waals surface area contributed by atoms with Gasteiger partial charge < -0.3 is 25.7 Å². The lowest BCUT2D eigenvalue weighted by atomic mass is 9.79. The number of carboxylic acids is 3. The number of rotatable bonds is 11. The van der Waals surface area contributed by atoms with Gasteiger partial charge in [-0.15, -0.1) is 0 Å². The number of aromatic nitrogens is 3. The van der Waals surface area contributed by atoms with E-state index in [9.17, 15) is 14.4 Å². The Morgan fingerprint density at radius 2 is 1.58 bits per heavy atom. The zero-order valence-electron chi connectivity index (χ0n) is 25.7. The molecule has 0 spiro atoms. The van der Waals surface area contributed by atoms with Crippen LogP contribution in [0, 0.1) is 0 Å². The van der Waals surface area contributed by atoms with E-state index in [0.717, 1.165) is 31.6 Å². The van der Waals surface area contributed by atoms with E-state index < -0.39 is 36.4 Å². The molecule has 0 radical (unpaired) electrons. The first-order chi connectivity index (χ1) is 20.1. The van der Waals surface area contributed by atoms with E-state index in [2.05, 4.69) is 72.1 Å². The molecular formula is C31H47N5O7. The quantitative estimate of drug-likeness (QED) is 0.253. The molecule has 238 valence electrons. The minimum Gasteiger partial charge on any atom is -0.481 e. The molecule has 5 N–H and O–H groups in total. The van der Waals surface area contributed by atoms with E-state index in [1.54, 1.807) is 0 Å². The number of carboxylic acid groups (broad SMARTS) is 3. The molecule has 43 heavy (non-hydrogen) atoms. The van der Waals surface area contributed by atoms with Crippen molar-refractivity contribution in [2.75, 3.05) is 0 Å². The highest BCUT2D eigenvalue weighted by Gasteiger charge is 2.41. The first-order valence-electron chi connectivity index (χ1n) is 14.9. The van der Waals surface area contributed by atoms with Gasteiger partial charge in [0.15, 0.2) is 5.60 Å². The molecule has 2 aromatic heterocycles. The van der Waals surface area contributed by atoms with Crippen molar-refractivity contribution in [2.45, 2.75) is 127 Å². The second-order valence-electron chi connectivity index (χ2n) is 13.3. The van der Waals surface area contributed by atoms with Crippen LogP contribution < -0.4 is 5.32 Å².